The topological polar surface area (TPSA) is 15.6 Å². The number of rotatable bonds is 3. The van der Waals surface area contributed by atoms with Crippen LogP contribution in [-0.4, -0.2) is 0 Å². The van der Waals surface area contributed by atoms with Crippen LogP contribution in [-0.2, 0) is 0 Å². The van der Waals surface area contributed by atoms with E-state index >= 15 is 0 Å². The van der Waals surface area contributed by atoms with E-state index < -0.39 is 7.04 Å². The predicted octanol–water partition coefficient (Wildman–Crippen LogP) is 5.19. The molecular formula is C26H23N2P. The fraction of sp³-hybridized carbons (Fsp3) is 0.0769. The average molecular weight is 394 g/mol. The summed E-state index contributed by atoms with van der Waals surface area (Å²) in [6, 6.07) is 37.2. The molecule has 0 saturated heterocycles. The van der Waals surface area contributed by atoms with Crippen LogP contribution in [0.25, 0.3) is 0 Å². The van der Waals surface area contributed by atoms with Gasteiger partial charge in [0, 0.05) is 15.5 Å². The normalized spacial score (nSPS) is 14.3. The first-order valence-corrected chi connectivity index (χ1v) is 11.6. The van der Waals surface area contributed by atoms with Crippen molar-refractivity contribution in [3.05, 3.63) is 125 Å². The molecule has 0 fully saturated rings. The second kappa shape index (κ2) is 7.06. The quantitative estimate of drug-likeness (QED) is 0.437. The Balaban J connectivity index is 1.99. The molecule has 3 heteroatoms. The Morgan fingerprint density at radius 1 is 0.621 bits per heavy atom. The maximum absolute atomic E-state index is 5.18. The van der Waals surface area contributed by atoms with Crippen molar-refractivity contribution >= 4 is 23.3 Å². The summed E-state index contributed by atoms with van der Waals surface area (Å²) < 4.78 is 2.31. The summed E-state index contributed by atoms with van der Waals surface area (Å²) in [4.78, 5) is 1.33. The van der Waals surface area contributed by atoms with Gasteiger partial charge in [-0.05, 0) is 38.1 Å². The molecule has 1 aliphatic heterocycles. The Morgan fingerprint density at radius 3 is 1.76 bits per heavy atom. The molecule has 0 radical (unpaired) electrons. The van der Waals surface area contributed by atoms with Crippen molar-refractivity contribution in [1.29, 1.82) is 0 Å². The van der Waals surface area contributed by atoms with Crippen molar-refractivity contribution < 1.29 is 0 Å². The van der Waals surface area contributed by atoms with Crippen molar-refractivity contribution in [2.24, 2.45) is 5.10 Å². The van der Waals surface area contributed by atoms with E-state index in [9.17, 15) is 0 Å². The first-order chi connectivity index (χ1) is 14.2. The number of hydrogen-bond donors (Lipinski definition) is 0. The Kier molecular flexibility index (Phi) is 4.38. The lowest BCUT2D eigenvalue weighted by Crippen LogP contribution is -2.27. The van der Waals surface area contributed by atoms with Gasteiger partial charge in [-0.25, -0.2) is 4.78 Å². The van der Waals surface area contributed by atoms with Gasteiger partial charge in [0.25, 0.3) is 0 Å². The van der Waals surface area contributed by atoms with E-state index in [1.807, 2.05) is 0 Å². The molecule has 0 aliphatic carbocycles. The third-order valence-corrected chi connectivity index (χ3v) is 9.53. The monoisotopic (exact) mass is 394 g/mol. The first-order valence-electron chi connectivity index (χ1n) is 9.90. The van der Waals surface area contributed by atoms with Crippen LogP contribution in [0.5, 0.6) is 0 Å². The van der Waals surface area contributed by atoms with Crippen LogP contribution in [0.15, 0.2) is 108 Å². The summed E-state index contributed by atoms with van der Waals surface area (Å²) in [5.74, 6) is 0. The van der Waals surface area contributed by atoms with E-state index in [-0.39, 0.29) is 0 Å². The Labute approximate surface area is 171 Å². The fourth-order valence-corrected chi connectivity index (χ4v) is 8.35. The van der Waals surface area contributed by atoms with Crippen molar-refractivity contribution in [2.75, 3.05) is 4.78 Å². The number of anilines is 1. The van der Waals surface area contributed by atoms with Gasteiger partial charge in [0.2, 0.25) is 0 Å². The lowest BCUT2D eigenvalue weighted by Gasteiger charge is -2.34. The van der Waals surface area contributed by atoms with E-state index in [2.05, 4.69) is 122 Å². The first kappa shape index (κ1) is 18.0. The molecule has 0 unspecified atom stereocenters. The number of fused-ring (bicyclic) bond motifs is 1. The van der Waals surface area contributed by atoms with Crippen LogP contribution in [0.3, 0.4) is 0 Å². The lowest BCUT2D eigenvalue weighted by molar-refractivity contribution is 1.12. The van der Waals surface area contributed by atoms with Crippen LogP contribution in [0.1, 0.15) is 11.1 Å². The molecule has 0 saturated carbocycles. The molecule has 1 heterocycles. The van der Waals surface area contributed by atoms with Crippen molar-refractivity contribution in [2.45, 2.75) is 13.8 Å². The maximum Gasteiger partial charge on any atom is 0.0936 e. The van der Waals surface area contributed by atoms with E-state index in [0.29, 0.717) is 0 Å². The van der Waals surface area contributed by atoms with Crippen molar-refractivity contribution in [1.82, 2.24) is 0 Å². The van der Waals surface area contributed by atoms with Gasteiger partial charge in [-0.15, -0.1) is 0 Å². The molecule has 4 aromatic rings. The van der Waals surface area contributed by atoms with E-state index in [1.54, 1.807) is 0 Å². The minimum atomic E-state index is -2.15. The molecule has 0 atom stereocenters. The van der Waals surface area contributed by atoms with Gasteiger partial charge in [-0.3, -0.25) is 0 Å². The van der Waals surface area contributed by atoms with Crippen LogP contribution in [0.2, 0.25) is 0 Å². The third kappa shape index (κ3) is 2.84. The van der Waals surface area contributed by atoms with Gasteiger partial charge < -0.3 is 0 Å². The third-order valence-electron chi connectivity index (χ3n) is 5.49. The molecule has 0 aromatic heterocycles. The molecule has 0 amide bonds. The predicted molar refractivity (Wildman–Crippen MR) is 124 cm³/mol. The van der Waals surface area contributed by atoms with Crippen LogP contribution in [0.4, 0.5) is 5.69 Å². The minimum Gasteiger partial charge on any atom is -0.237 e. The smallest absolute Gasteiger partial charge is 0.0936 e. The molecule has 5 rings (SSSR count). The summed E-state index contributed by atoms with van der Waals surface area (Å²) in [5, 5.41) is 8.89. The average Bonchev–Trinajstić information content (AvgIpc) is 3.10. The number of aryl methyl sites for hydroxylation is 2. The zero-order valence-corrected chi connectivity index (χ0v) is 17.6. The fourth-order valence-electron chi connectivity index (χ4n) is 4.09. The van der Waals surface area contributed by atoms with Gasteiger partial charge in [-0.1, -0.05) is 90.0 Å². The highest BCUT2D eigenvalue weighted by atomic mass is 31.2. The minimum absolute atomic E-state index is 1.07. The molecule has 0 bridgehead atoms. The molecule has 1 aliphatic rings. The standard InChI is InChI=1S/C26H23N2P/c1-20-13-16-22(17-14-20)28-27-25-18-15-21(2)19-26(25)29(28,23-9-5-3-6-10-23)24-11-7-4-8-12-24/h3-19H,1-2H3. The van der Waals surface area contributed by atoms with E-state index in [0.717, 1.165) is 11.0 Å². The summed E-state index contributed by atoms with van der Waals surface area (Å²) in [6.07, 6.45) is 0. The summed E-state index contributed by atoms with van der Waals surface area (Å²) >= 11 is 0. The zero-order valence-electron chi connectivity index (χ0n) is 16.7. The zero-order chi connectivity index (χ0) is 19.8. The van der Waals surface area contributed by atoms with Gasteiger partial charge in [0.05, 0.1) is 18.1 Å². The molecule has 4 aromatic carbocycles. The van der Waals surface area contributed by atoms with E-state index in [1.165, 1.54) is 26.7 Å². The SMILES string of the molecule is Cc1ccc(N2N=c3ccc(C)cc3=P2(c2ccccc2)c2ccccc2)cc1. The van der Waals surface area contributed by atoms with Crippen LogP contribution >= 0.6 is 7.04 Å². The van der Waals surface area contributed by atoms with Crippen molar-refractivity contribution in [3.63, 3.8) is 0 Å². The second-order valence-electron chi connectivity index (χ2n) is 7.52. The highest BCUT2D eigenvalue weighted by Gasteiger charge is 2.35. The molecule has 29 heavy (non-hydrogen) atoms. The van der Waals surface area contributed by atoms with Gasteiger partial charge in [0.1, 0.15) is 0 Å². The van der Waals surface area contributed by atoms with Crippen LogP contribution < -0.4 is 20.7 Å². The lowest BCUT2D eigenvalue weighted by atomic mass is 10.2. The van der Waals surface area contributed by atoms with Gasteiger partial charge >= 0.3 is 0 Å². The Morgan fingerprint density at radius 2 is 1.17 bits per heavy atom. The molecule has 2 nitrogen and oxygen atoms in total. The number of hydrogen-bond acceptors (Lipinski definition) is 2. The van der Waals surface area contributed by atoms with Crippen LogP contribution in [0, 0.1) is 18.8 Å². The van der Waals surface area contributed by atoms with E-state index in [4.69, 9.17) is 5.10 Å². The molecule has 142 valence electrons. The molecular weight excluding hydrogens is 371 g/mol. The van der Waals surface area contributed by atoms with Gasteiger partial charge in [-0.2, -0.15) is 5.10 Å². The second-order valence-corrected chi connectivity index (χ2v) is 10.7. The summed E-state index contributed by atoms with van der Waals surface area (Å²) in [7, 11) is -2.15. The summed E-state index contributed by atoms with van der Waals surface area (Å²) in [6.45, 7) is 4.29. The molecule has 0 spiro atoms. The Bertz CT molecular complexity index is 1270. The highest BCUT2D eigenvalue weighted by molar-refractivity contribution is 7.84. The largest absolute Gasteiger partial charge is 0.237 e. The van der Waals surface area contributed by atoms with Crippen molar-refractivity contribution in [3.8, 4) is 0 Å². The van der Waals surface area contributed by atoms with Gasteiger partial charge in [0.15, 0.2) is 0 Å². The molecule has 0 N–H and O–H groups in total. The summed E-state index contributed by atoms with van der Waals surface area (Å²) in [5.41, 5.74) is 3.65. The number of benzene rings is 4. The maximum atomic E-state index is 5.18. The highest BCUT2D eigenvalue weighted by Crippen LogP contribution is 2.55. The Hall–Kier alpha value is -3.09. The number of nitrogens with zero attached hydrogens (tertiary/aromatic N) is 2.